The molecular formula is C11H22N2O. The first-order valence-electron chi connectivity index (χ1n) is 5.90. The van der Waals surface area contributed by atoms with Crippen molar-refractivity contribution in [3.8, 4) is 0 Å². The summed E-state index contributed by atoms with van der Waals surface area (Å²) in [7, 11) is 0. The molecule has 2 atom stereocenters. The Kier molecular flexibility index (Phi) is 3.79. The Balaban J connectivity index is 1.77. The second-order valence-electron chi connectivity index (χ2n) is 4.56. The van der Waals surface area contributed by atoms with Gasteiger partial charge in [-0.05, 0) is 32.2 Å². The summed E-state index contributed by atoms with van der Waals surface area (Å²) in [6, 6.07) is 0.708. The molecule has 0 aromatic heterocycles. The molecule has 82 valence electrons. The monoisotopic (exact) mass is 198 g/mol. The normalized spacial score (nSPS) is 35.8. The van der Waals surface area contributed by atoms with Crippen molar-refractivity contribution in [3.05, 3.63) is 0 Å². The molecule has 2 saturated heterocycles. The number of hydrogen-bond donors (Lipinski definition) is 1. The van der Waals surface area contributed by atoms with E-state index in [4.69, 9.17) is 4.74 Å². The zero-order chi connectivity index (χ0) is 9.80. The Morgan fingerprint density at radius 3 is 3.07 bits per heavy atom. The minimum Gasteiger partial charge on any atom is -0.380 e. The van der Waals surface area contributed by atoms with Gasteiger partial charge < -0.3 is 15.0 Å². The van der Waals surface area contributed by atoms with Crippen LogP contribution in [0, 0.1) is 5.92 Å². The topological polar surface area (TPSA) is 24.5 Å². The van der Waals surface area contributed by atoms with Crippen LogP contribution in [0.5, 0.6) is 0 Å². The molecule has 2 aliphatic rings. The Labute approximate surface area is 86.8 Å². The first-order chi connectivity index (χ1) is 6.86. The van der Waals surface area contributed by atoms with Crippen molar-refractivity contribution in [2.45, 2.75) is 25.8 Å². The van der Waals surface area contributed by atoms with Gasteiger partial charge >= 0.3 is 0 Å². The average Bonchev–Trinajstić information content (AvgIpc) is 2.44. The molecule has 0 saturated carbocycles. The van der Waals surface area contributed by atoms with Gasteiger partial charge in [0.05, 0.1) is 6.61 Å². The van der Waals surface area contributed by atoms with Gasteiger partial charge in [0, 0.05) is 32.3 Å². The van der Waals surface area contributed by atoms with Crippen molar-refractivity contribution in [1.82, 2.24) is 10.2 Å². The van der Waals surface area contributed by atoms with E-state index < -0.39 is 0 Å². The van der Waals surface area contributed by atoms with Gasteiger partial charge in [-0.3, -0.25) is 0 Å². The zero-order valence-electron chi connectivity index (χ0n) is 9.17. The molecule has 0 aromatic rings. The van der Waals surface area contributed by atoms with Crippen LogP contribution in [0.15, 0.2) is 0 Å². The maximum absolute atomic E-state index is 5.46. The van der Waals surface area contributed by atoms with Crippen molar-refractivity contribution < 1.29 is 4.74 Å². The van der Waals surface area contributed by atoms with Crippen molar-refractivity contribution in [2.24, 2.45) is 5.92 Å². The molecule has 0 amide bonds. The fourth-order valence-corrected chi connectivity index (χ4v) is 2.47. The van der Waals surface area contributed by atoms with Crippen LogP contribution in [-0.4, -0.2) is 50.3 Å². The lowest BCUT2D eigenvalue weighted by Crippen LogP contribution is -2.36. The molecule has 0 spiro atoms. The lowest BCUT2D eigenvalue weighted by atomic mass is 10.0. The van der Waals surface area contributed by atoms with Crippen LogP contribution in [0.25, 0.3) is 0 Å². The molecule has 14 heavy (non-hydrogen) atoms. The van der Waals surface area contributed by atoms with Crippen LogP contribution in [0.2, 0.25) is 0 Å². The van der Waals surface area contributed by atoms with Gasteiger partial charge in [0.15, 0.2) is 0 Å². The van der Waals surface area contributed by atoms with E-state index in [1.54, 1.807) is 0 Å². The molecular weight excluding hydrogens is 176 g/mol. The predicted octanol–water partition coefficient (Wildman–Crippen LogP) is 0.707. The highest BCUT2D eigenvalue weighted by molar-refractivity contribution is 4.82. The zero-order valence-corrected chi connectivity index (χ0v) is 9.17. The van der Waals surface area contributed by atoms with E-state index in [0.29, 0.717) is 6.04 Å². The highest BCUT2D eigenvalue weighted by atomic mass is 16.5. The maximum Gasteiger partial charge on any atom is 0.0593 e. The number of hydrogen-bond acceptors (Lipinski definition) is 3. The third-order valence-corrected chi connectivity index (χ3v) is 3.50. The molecule has 2 rings (SSSR count). The van der Waals surface area contributed by atoms with Gasteiger partial charge in [0.25, 0.3) is 0 Å². The van der Waals surface area contributed by atoms with E-state index in [1.165, 1.54) is 32.5 Å². The number of rotatable bonds is 2. The van der Waals surface area contributed by atoms with E-state index in [2.05, 4.69) is 17.1 Å². The van der Waals surface area contributed by atoms with Crippen LogP contribution < -0.4 is 5.32 Å². The highest BCUT2D eigenvalue weighted by Crippen LogP contribution is 2.17. The van der Waals surface area contributed by atoms with E-state index in [9.17, 15) is 0 Å². The number of nitrogens with one attached hydrogen (secondary N) is 1. The quantitative estimate of drug-likeness (QED) is 0.707. The summed E-state index contributed by atoms with van der Waals surface area (Å²) in [5.41, 5.74) is 0. The second-order valence-corrected chi connectivity index (χ2v) is 4.56. The molecule has 0 bridgehead atoms. The molecule has 2 unspecified atom stereocenters. The van der Waals surface area contributed by atoms with Gasteiger partial charge in [0.2, 0.25) is 0 Å². The summed E-state index contributed by atoms with van der Waals surface area (Å²) in [5, 5.41) is 3.52. The van der Waals surface area contributed by atoms with E-state index >= 15 is 0 Å². The SMILES string of the molecule is CC1NCCC1CN1CCCOCC1. The Morgan fingerprint density at radius 2 is 2.29 bits per heavy atom. The fourth-order valence-electron chi connectivity index (χ4n) is 2.47. The number of ether oxygens (including phenoxy) is 1. The Bertz CT molecular complexity index is 167. The largest absolute Gasteiger partial charge is 0.380 e. The van der Waals surface area contributed by atoms with Crippen molar-refractivity contribution in [3.63, 3.8) is 0 Å². The number of nitrogens with zero attached hydrogens (tertiary/aromatic N) is 1. The predicted molar refractivity (Wildman–Crippen MR) is 57.4 cm³/mol. The summed E-state index contributed by atoms with van der Waals surface area (Å²) < 4.78 is 5.46. The summed E-state index contributed by atoms with van der Waals surface area (Å²) in [6.45, 7) is 9.01. The van der Waals surface area contributed by atoms with Crippen LogP contribution >= 0.6 is 0 Å². The van der Waals surface area contributed by atoms with Crippen molar-refractivity contribution in [2.75, 3.05) is 39.4 Å². The Hall–Kier alpha value is -0.120. The first kappa shape index (κ1) is 10.4. The third kappa shape index (κ3) is 2.69. The maximum atomic E-state index is 5.46. The van der Waals surface area contributed by atoms with Crippen molar-refractivity contribution >= 4 is 0 Å². The summed E-state index contributed by atoms with van der Waals surface area (Å²) in [5.74, 6) is 0.855. The molecule has 1 N–H and O–H groups in total. The molecule has 2 aliphatic heterocycles. The molecule has 0 aromatic carbocycles. The van der Waals surface area contributed by atoms with E-state index in [1.807, 2.05) is 0 Å². The van der Waals surface area contributed by atoms with Crippen molar-refractivity contribution in [1.29, 1.82) is 0 Å². The minimum atomic E-state index is 0.708. The van der Waals surface area contributed by atoms with E-state index in [-0.39, 0.29) is 0 Å². The van der Waals surface area contributed by atoms with Crippen LogP contribution in [0.3, 0.4) is 0 Å². The van der Waals surface area contributed by atoms with Crippen LogP contribution in [-0.2, 0) is 4.74 Å². The van der Waals surface area contributed by atoms with Gasteiger partial charge in [-0.25, -0.2) is 0 Å². The van der Waals surface area contributed by atoms with Crippen LogP contribution in [0.1, 0.15) is 19.8 Å². The lowest BCUT2D eigenvalue weighted by Gasteiger charge is -2.25. The Morgan fingerprint density at radius 1 is 1.36 bits per heavy atom. The highest BCUT2D eigenvalue weighted by Gasteiger charge is 2.25. The molecule has 0 aliphatic carbocycles. The van der Waals surface area contributed by atoms with Gasteiger partial charge in [0.1, 0.15) is 0 Å². The van der Waals surface area contributed by atoms with E-state index in [0.717, 1.165) is 25.7 Å². The molecule has 2 fully saturated rings. The smallest absolute Gasteiger partial charge is 0.0593 e. The standard InChI is InChI=1S/C11H22N2O/c1-10-11(3-4-12-10)9-13-5-2-7-14-8-6-13/h10-12H,2-9H2,1H3. The third-order valence-electron chi connectivity index (χ3n) is 3.50. The molecule has 0 radical (unpaired) electrons. The lowest BCUT2D eigenvalue weighted by molar-refractivity contribution is 0.137. The molecule has 3 nitrogen and oxygen atoms in total. The summed E-state index contributed by atoms with van der Waals surface area (Å²) in [4.78, 5) is 2.57. The summed E-state index contributed by atoms with van der Waals surface area (Å²) >= 11 is 0. The second kappa shape index (κ2) is 5.10. The van der Waals surface area contributed by atoms with Gasteiger partial charge in [-0.15, -0.1) is 0 Å². The molecule has 3 heteroatoms. The fraction of sp³-hybridized carbons (Fsp3) is 1.00. The summed E-state index contributed by atoms with van der Waals surface area (Å²) in [6.07, 6.45) is 2.55. The first-order valence-corrected chi connectivity index (χ1v) is 5.90. The van der Waals surface area contributed by atoms with Gasteiger partial charge in [-0.2, -0.15) is 0 Å². The van der Waals surface area contributed by atoms with Crippen LogP contribution in [0.4, 0.5) is 0 Å². The minimum absolute atomic E-state index is 0.708. The van der Waals surface area contributed by atoms with Gasteiger partial charge in [-0.1, -0.05) is 0 Å². The average molecular weight is 198 g/mol. The molecule has 2 heterocycles.